The Morgan fingerprint density at radius 1 is 1.14 bits per heavy atom. The first-order valence-electron chi connectivity index (χ1n) is 10.00. The molecule has 0 aliphatic carbocycles. The fourth-order valence-corrected chi connectivity index (χ4v) is 6.78. The highest BCUT2D eigenvalue weighted by Gasteiger charge is 2.32. The molecule has 2 aliphatic rings. The Labute approximate surface area is 171 Å². The summed E-state index contributed by atoms with van der Waals surface area (Å²) in [6.07, 6.45) is 4.57. The van der Waals surface area contributed by atoms with Crippen molar-refractivity contribution >= 4 is 27.3 Å². The van der Waals surface area contributed by atoms with Crippen molar-refractivity contribution in [2.45, 2.75) is 50.0 Å². The zero-order valence-corrected chi connectivity index (χ0v) is 17.8. The van der Waals surface area contributed by atoms with Crippen molar-refractivity contribution in [3.63, 3.8) is 0 Å². The normalized spacial score (nSPS) is 20.8. The highest BCUT2D eigenvalue weighted by atomic mass is 32.2. The standard InChI is InChI=1S/C21H26N2O3S2/c1-2-19-18-10-14-27-20(18)9-13-23(19)21(24)16-7-6-8-17(15-16)28(25,26)22-11-4-3-5-12-22/h6-8,10,14-15,19H,2-5,9,11-13H2,1H3/t19-/m0/s1. The number of thiophene rings is 1. The third-order valence-electron chi connectivity index (χ3n) is 5.78. The van der Waals surface area contributed by atoms with E-state index in [9.17, 15) is 13.2 Å². The maximum absolute atomic E-state index is 13.3. The van der Waals surface area contributed by atoms with Crippen LogP contribution in [0.1, 0.15) is 59.4 Å². The van der Waals surface area contributed by atoms with Crippen LogP contribution in [-0.4, -0.2) is 43.2 Å². The SMILES string of the molecule is CC[C@H]1c2ccsc2CCN1C(=O)c1cccc(S(=O)(=O)N2CCCCC2)c1. The predicted octanol–water partition coefficient (Wildman–Crippen LogP) is 4.07. The second kappa shape index (κ2) is 7.97. The number of nitrogens with zero attached hydrogens (tertiary/aromatic N) is 2. The van der Waals surface area contributed by atoms with Gasteiger partial charge in [0.15, 0.2) is 0 Å². The molecule has 1 amide bonds. The lowest BCUT2D eigenvalue weighted by molar-refractivity contribution is 0.0657. The van der Waals surface area contributed by atoms with Gasteiger partial charge in [-0.15, -0.1) is 11.3 Å². The van der Waals surface area contributed by atoms with Crippen molar-refractivity contribution < 1.29 is 13.2 Å². The van der Waals surface area contributed by atoms with Crippen LogP contribution in [0.5, 0.6) is 0 Å². The van der Waals surface area contributed by atoms with Crippen molar-refractivity contribution in [2.24, 2.45) is 0 Å². The van der Waals surface area contributed by atoms with Crippen molar-refractivity contribution in [3.05, 3.63) is 51.7 Å². The van der Waals surface area contributed by atoms with Gasteiger partial charge in [0.05, 0.1) is 10.9 Å². The lowest BCUT2D eigenvalue weighted by Gasteiger charge is -2.35. The van der Waals surface area contributed by atoms with E-state index in [2.05, 4.69) is 18.4 Å². The Morgan fingerprint density at radius 2 is 1.93 bits per heavy atom. The molecule has 0 saturated carbocycles. The van der Waals surface area contributed by atoms with Gasteiger partial charge in [-0.05, 0) is 60.9 Å². The number of hydrogen-bond donors (Lipinski definition) is 0. The summed E-state index contributed by atoms with van der Waals surface area (Å²) in [5, 5.41) is 2.09. The first kappa shape index (κ1) is 19.6. The lowest BCUT2D eigenvalue weighted by atomic mass is 9.97. The first-order chi connectivity index (χ1) is 13.5. The molecule has 0 N–H and O–H groups in total. The van der Waals surface area contributed by atoms with Gasteiger partial charge >= 0.3 is 0 Å². The summed E-state index contributed by atoms with van der Waals surface area (Å²) in [6, 6.07) is 8.75. The second-order valence-corrected chi connectivity index (χ2v) is 10.4. The quantitative estimate of drug-likeness (QED) is 0.752. The van der Waals surface area contributed by atoms with E-state index < -0.39 is 10.0 Å². The molecule has 0 bridgehead atoms. The molecule has 3 heterocycles. The lowest BCUT2D eigenvalue weighted by Crippen LogP contribution is -2.39. The molecule has 1 atom stereocenters. The molecule has 0 spiro atoms. The third-order valence-corrected chi connectivity index (χ3v) is 8.67. The highest BCUT2D eigenvalue weighted by Crippen LogP contribution is 2.36. The zero-order chi connectivity index (χ0) is 19.7. The minimum atomic E-state index is -3.54. The van der Waals surface area contributed by atoms with Crippen LogP contribution in [0.25, 0.3) is 0 Å². The van der Waals surface area contributed by atoms with E-state index in [1.165, 1.54) is 10.4 Å². The van der Waals surface area contributed by atoms with Crippen molar-refractivity contribution in [1.29, 1.82) is 0 Å². The largest absolute Gasteiger partial charge is 0.331 e. The number of benzene rings is 1. The summed E-state index contributed by atoms with van der Waals surface area (Å²) in [6.45, 7) is 3.89. The number of rotatable bonds is 4. The molecule has 28 heavy (non-hydrogen) atoms. The number of amides is 1. The smallest absolute Gasteiger partial charge is 0.254 e. The summed E-state index contributed by atoms with van der Waals surface area (Å²) in [5.74, 6) is -0.0839. The van der Waals surface area contributed by atoms with Gasteiger partial charge in [0.1, 0.15) is 0 Å². The Morgan fingerprint density at radius 3 is 2.68 bits per heavy atom. The maximum Gasteiger partial charge on any atom is 0.254 e. The molecule has 1 saturated heterocycles. The number of sulfonamides is 1. The van der Waals surface area contributed by atoms with E-state index in [1.54, 1.807) is 39.9 Å². The molecule has 2 aromatic rings. The molecule has 2 aliphatic heterocycles. The minimum Gasteiger partial charge on any atom is -0.331 e. The molecule has 1 aromatic heterocycles. The average molecular weight is 419 g/mol. The van der Waals surface area contributed by atoms with Gasteiger partial charge in [0, 0.05) is 30.1 Å². The summed E-state index contributed by atoms with van der Waals surface area (Å²) >= 11 is 1.75. The molecule has 4 rings (SSSR count). The summed E-state index contributed by atoms with van der Waals surface area (Å²) < 4.78 is 27.5. The maximum atomic E-state index is 13.3. The molecule has 0 unspecified atom stereocenters. The predicted molar refractivity (Wildman–Crippen MR) is 111 cm³/mol. The van der Waals surface area contributed by atoms with Crippen molar-refractivity contribution in [1.82, 2.24) is 9.21 Å². The van der Waals surface area contributed by atoms with E-state index in [4.69, 9.17) is 0 Å². The van der Waals surface area contributed by atoms with E-state index in [-0.39, 0.29) is 16.8 Å². The van der Waals surface area contributed by atoms with Crippen LogP contribution in [0.4, 0.5) is 0 Å². The number of fused-ring (bicyclic) bond motifs is 1. The van der Waals surface area contributed by atoms with Crippen molar-refractivity contribution in [3.8, 4) is 0 Å². The van der Waals surface area contributed by atoms with Gasteiger partial charge in [-0.3, -0.25) is 4.79 Å². The Hall–Kier alpha value is -1.70. The van der Waals surface area contributed by atoms with E-state index in [0.29, 0.717) is 25.2 Å². The second-order valence-electron chi connectivity index (χ2n) is 7.46. The summed E-state index contributed by atoms with van der Waals surface area (Å²) in [5.41, 5.74) is 1.69. The number of hydrogen-bond acceptors (Lipinski definition) is 4. The van der Waals surface area contributed by atoms with Crippen LogP contribution >= 0.6 is 11.3 Å². The van der Waals surface area contributed by atoms with Gasteiger partial charge in [-0.1, -0.05) is 19.4 Å². The molecular weight excluding hydrogens is 392 g/mol. The van der Waals surface area contributed by atoms with Crippen molar-refractivity contribution in [2.75, 3.05) is 19.6 Å². The van der Waals surface area contributed by atoms with Crippen LogP contribution < -0.4 is 0 Å². The summed E-state index contributed by atoms with van der Waals surface area (Å²) in [7, 11) is -3.54. The average Bonchev–Trinajstić information content (AvgIpc) is 3.22. The minimum absolute atomic E-state index is 0.0601. The Kier molecular flexibility index (Phi) is 5.58. The molecule has 5 nitrogen and oxygen atoms in total. The van der Waals surface area contributed by atoms with Crippen LogP contribution in [0.2, 0.25) is 0 Å². The number of carbonyl (C=O) groups is 1. The molecular formula is C21H26N2O3S2. The van der Waals surface area contributed by atoms with Gasteiger partial charge in [-0.25, -0.2) is 8.42 Å². The summed E-state index contributed by atoms with van der Waals surface area (Å²) in [4.78, 5) is 16.8. The van der Waals surface area contributed by atoms with E-state index >= 15 is 0 Å². The fraction of sp³-hybridized carbons (Fsp3) is 0.476. The van der Waals surface area contributed by atoms with Crippen LogP contribution in [0.15, 0.2) is 40.6 Å². The monoisotopic (exact) mass is 418 g/mol. The first-order valence-corrected chi connectivity index (χ1v) is 12.3. The van der Waals surface area contributed by atoms with Crippen LogP contribution in [-0.2, 0) is 16.4 Å². The topological polar surface area (TPSA) is 57.7 Å². The molecule has 0 radical (unpaired) electrons. The third kappa shape index (κ3) is 3.51. The molecule has 1 aromatic carbocycles. The Balaban J connectivity index is 1.61. The van der Waals surface area contributed by atoms with Crippen LogP contribution in [0, 0.1) is 0 Å². The van der Waals surface area contributed by atoms with Gasteiger partial charge in [0.2, 0.25) is 10.0 Å². The Bertz CT molecular complexity index is 962. The van der Waals surface area contributed by atoms with Crippen LogP contribution in [0.3, 0.4) is 0 Å². The number of piperidine rings is 1. The van der Waals surface area contributed by atoms with Gasteiger partial charge in [0.25, 0.3) is 5.91 Å². The highest BCUT2D eigenvalue weighted by molar-refractivity contribution is 7.89. The molecule has 150 valence electrons. The molecule has 7 heteroatoms. The zero-order valence-electron chi connectivity index (χ0n) is 16.1. The van der Waals surface area contributed by atoms with E-state index in [1.807, 2.05) is 4.90 Å². The fourth-order valence-electron chi connectivity index (χ4n) is 4.29. The van der Waals surface area contributed by atoms with Gasteiger partial charge in [-0.2, -0.15) is 4.31 Å². The van der Waals surface area contributed by atoms with Gasteiger partial charge < -0.3 is 4.90 Å². The molecule has 1 fully saturated rings. The van der Waals surface area contributed by atoms with E-state index in [0.717, 1.165) is 32.1 Å². The number of carbonyl (C=O) groups excluding carboxylic acids is 1.